The maximum atomic E-state index is 12.5. The summed E-state index contributed by atoms with van der Waals surface area (Å²) in [7, 11) is 0. The van der Waals surface area contributed by atoms with Gasteiger partial charge in [-0.3, -0.25) is 14.5 Å². The van der Waals surface area contributed by atoms with Crippen molar-refractivity contribution in [2.24, 2.45) is 0 Å². The minimum absolute atomic E-state index is 0.177. The first-order valence-corrected chi connectivity index (χ1v) is 10.9. The van der Waals surface area contributed by atoms with E-state index >= 15 is 0 Å². The second kappa shape index (κ2) is 12.1. The molecule has 1 saturated heterocycles. The van der Waals surface area contributed by atoms with Crippen LogP contribution < -0.4 is 0 Å². The summed E-state index contributed by atoms with van der Waals surface area (Å²) in [5, 5.41) is 0.755. The van der Waals surface area contributed by atoms with Crippen molar-refractivity contribution < 1.29 is 9.59 Å². The van der Waals surface area contributed by atoms with E-state index in [-0.39, 0.29) is 11.8 Å². The topological polar surface area (TPSA) is 43.9 Å². The van der Waals surface area contributed by atoms with Crippen LogP contribution in [-0.4, -0.2) is 65.8 Å². The lowest BCUT2D eigenvalue weighted by Gasteiger charge is -2.35. The van der Waals surface area contributed by atoms with Crippen molar-refractivity contribution in [3.63, 3.8) is 0 Å². The van der Waals surface area contributed by atoms with Crippen LogP contribution in [0.4, 0.5) is 0 Å². The van der Waals surface area contributed by atoms with Crippen LogP contribution in [0.15, 0.2) is 24.3 Å². The zero-order chi connectivity index (χ0) is 20.4. The molecule has 1 aliphatic rings. The number of rotatable bonds is 10. The molecular weight excluding hydrogens is 374 g/mol. The summed E-state index contributed by atoms with van der Waals surface area (Å²) >= 11 is 5.94. The number of nitrogens with zero attached hydrogens (tertiary/aromatic N) is 3. The lowest BCUT2D eigenvalue weighted by atomic mass is 10.1. The van der Waals surface area contributed by atoms with Crippen molar-refractivity contribution in [1.82, 2.24) is 14.7 Å². The molecule has 5 nitrogen and oxygen atoms in total. The second-order valence-electron chi connectivity index (χ2n) is 7.52. The number of benzene rings is 1. The summed E-state index contributed by atoms with van der Waals surface area (Å²) in [6.45, 7) is 9.99. The van der Waals surface area contributed by atoms with Crippen molar-refractivity contribution in [1.29, 1.82) is 0 Å². The van der Waals surface area contributed by atoms with Crippen LogP contribution in [0, 0.1) is 0 Å². The van der Waals surface area contributed by atoms with E-state index in [9.17, 15) is 9.59 Å². The molecule has 2 amide bonds. The molecule has 0 aliphatic carbocycles. The van der Waals surface area contributed by atoms with Crippen LogP contribution in [0.2, 0.25) is 5.02 Å². The second-order valence-corrected chi connectivity index (χ2v) is 7.95. The van der Waals surface area contributed by atoms with Crippen LogP contribution in [0.3, 0.4) is 0 Å². The van der Waals surface area contributed by atoms with Gasteiger partial charge >= 0.3 is 0 Å². The Kier molecular flexibility index (Phi) is 9.79. The maximum absolute atomic E-state index is 12.5. The van der Waals surface area contributed by atoms with E-state index in [1.807, 2.05) is 21.9 Å². The van der Waals surface area contributed by atoms with Crippen molar-refractivity contribution in [3.8, 4) is 0 Å². The maximum Gasteiger partial charge on any atom is 0.222 e. The van der Waals surface area contributed by atoms with Crippen molar-refractivity contribution in [2.75, 3.05) is 39.3 Å². The average Bonchev–Trinajstić information content (AvgIpc) is 2.70. The van der Waals surface area contributed by atoms with E-state index in [2.05, 4.69) is 30.9 Å². The van der Waals surface area contributed by atoms with Gasteiger partial charge in [0.05, 0.1) is 0 Å². The first kappa shape index (κ1) is 22.7. The Morgan fingerprint density at radius 2 is 1.57 bits per heavy atom. The smallest absolute Gasteiger partial charge is 0.222 e. The van der Waals surface area contributed by atoms with Gasteiger partial charge in [-0.1, -0.05) is 37.6 Å². The molecular formula is C22H34ClN3O2. The third kappa shape index (κ3) is 7.44. The molecule has 0 saturated carbocycles. The highest BCUT2D eigenvalue weighted by molar-refractivity contribution is 6.30. The standard InChI is InChI=1S/C22H34ClN3O2/c1-3-12-25(13-4-2)21(27)6-5-7-22(28)26-16-14-24(15-17-26)18-19-8-10-20(23)11-9-19/h8-11H,3-7,12-18H2,1-2H3. The fourth-order valence-electron chi connectivity index (χ4n) is 3.61. The predicted molar refractivity (Wildman–Crippen MR) is 114 cm³/mol. The predicted octanol–water partition coefficient (Wildman–Crippen LogP) is 3.80. The van der Waals surface area contributed by atoms with E-state index in [0.29, 0.717) is 19.3 Å². The molecule has 6 heteroatoms. The third-order valence-corrected chi connectivity index (χ3v) is 5.42. The average molecular weight is 408 g/mol. The number of amides is 2. The zero-order valence-corrected chi connectivity index (χ0v) is 18.1. The van der Waals surface area contributed by atoms with Gasteiger partial charge in [0.1, 0.15) is 0 Å². The molecule has 0 atom stereocenters. The number of carbonyl (C=O) groups is 2. The van der Waals surface area contributed by atoms with Gasteiger partial charge < -0.3 is 9.80 Å². The van der Waals surface area contributed by atoms with Gasteiger partial charge in [-0.15, -0.1) is 0 Å². The monoisotopic (exact) mass is 407 g/mol. The van der Waals surface area contributed by atoms with Crippen LogP contribution >= 0.6 is 11.6 Å². The molecule has 2 rings (SSSR count). The highest BCUT2D eigenvalue weighted by Gasteiger charge is 2.21. The molecule has 0 unspecified atom stereocenters. The summed E-state index contributed by atoms with van der Waals surface area (Å²) in [6, 6.07) is 7.94. The van der Waals surface area contributed by atoms with Crippen molar-refractivity contribution in [3.05, 3.63) is 34.9 Å². The Bertz CT molecular complexity index is 607. The molecule has 0 bridgehead atoms. The first-order chi connectivity index (χ1) is 13.5. The highest BCUT2D eigenvalue weighted by Crippen LogP contribution is 2.14. The molecule has 156 valence electrons. The summed E-state index contributed by atoms with van der Waals surface area (Å²) in [6.07, 6.45) is 3.54. The molecule has 1 fully saturated rings. The fourth-order valence-corrected chi connectivity index (χ4v) is 3.74. The van der Waals surface area contributed by atoms with Crippen molar-refractivity contribution in [2.45, 2.75) is 52.5 Å². The molecule has 0 spiro atoms. The van der Waals surface area contributed by atoms with Gasteiger partial charge in [-0.05, 0) is 37.0 Å². The molecule has 28 heavy (non-hydrogen) atoms. The van der Waals surface area contributed by atoms with E-state index in [0.717, 1.165) is 63.7 Å². The van der Waals surface area contributed by atoms with Crippen LogP contribution in [0.5, 0.6) is 0 Å². The van der Waals surface area contributed by atoms with E-state index in [1.165, 1.54) is 5.56 Å². The van der Waals surface area contributed by atoms with E-state index < -0.39 is 0 Å². The Morgan fingerprint density at radius 3 is 2.14 bits per heavy atom. The molecule has 0 aromatic heterocycles. The van der Waals surface area contributed by atoms with Gasteiger partial charge in [-0.25, -0.2) is 0 Å². The lowest BCUT2D eigenvalue weighted by molar-refractivity contribution is -0.134. The number of piperazine rings is 1. The van der Waals surface area contributed by atoms with Crippen LogP contribution in [-0.2, 0) is 16.1 Å². The Hall–Kier alpha value is -1.59. The Labute approximate surface area is 174 Å². The van der Waals surface area contributed by atoms with Gasteiger partial charge in [0, 0.05) is 63.7 Å². The van der Waals surface area contributed by atoms with Crippen molar-refractivity contribution >= 4 is 23.4 Å². The van der Waals surface area contributed by atoms with Gasteiger partial charge in [-0.2, -0.15) is 0 Å². The normalized spacial score (nSPS) is 14.9. The molecule has 1 aromatic carbocycles. The minimum atomic E-state index is 0.177. The third-order valence-electron chi connectivity index (χ3n) is 5.17. The fraction of sp³-hybridized carbons (Fsp3) is 0.636. The molecule has 1 aliphatic heterocycles. The molecule has 0 radical (unpaired) electrons. The summed E-state index contributed by atoms with van der Waals surface area (Å²) in [4.78, 5) is 31.0. The molecule has 0 N–H and O–H groups in total. The number of carbonyl (C=O) groups excluding carboxylic acids is 2. The number of halogens is 1. The SMILES string of the molecule is CCCN(CCC)C(=O)CCCC(=O)N1CCN(Cc2ccc(Cl)cc2)CC1. The minimum Gasteiger partial charge on any atom is -0.343 e. The Morgan fingerprint density at radius 1 is 0.964 bits per heavy atom. The number of hydrogen-bond donors (Lipinski definition) is 0. The summed E-state index contributed by atoms with van der Waals surface area (Å²) < 4.78 is 0. The summed E-state index contributed by atoms with van der Waals surface area (Å²) in [5.41, 5.74) is 1.24. The van der Waals surface area contributed by atoms with E-state index in [4.69, 9.17) is 11.6 Å². The quantitative estimate of drug-likeness (QED) is 0.592. The van der Waals surface area contributed by atoms with Gasteiger partial charge in [0.2, 0.25) is 11.8 Å². The molecule has 1 aromatic rings. The van der Waals surface area contributed by atoms with E-state index in [1.54, 1.807) is 0 Å². The zero-order valence-electron chi connectivity index (χ0n) is 17.3. The van der Waals surface area contributed by atoms with Crippen LogP contribution in [0.1, 0.15) is 51.5 Å². The first-order valence-electron chi connectivity index (χ1n) is 10.6. The number of hydrogen-bond acceptors (Lipinski definition) is 3. The van der Waals surface area contributed by atoms with Gasteiger partial charge in [0.25, 0.3) is 0 Å². The highest BCUT2D eigenvalue weighted by atomic mass is 35.5. The lowest BCUT2D eigenvalue weighted by Crippen LogP contribution is -2.48. The Balaban J connectivity index is 1.67. The molecule has 1 heterocycles. The summed E-state index contributed by atoms with van der Waals surface area (Å²) in [5.74, 6) is 0.362. The largest absolute Gasteiger partial charge is 0.343 e. The van der Waals surface area contributed by atoms with Crippen LogP contribution in [0.25, 0.3) is 0 Å². The van der Waals surface area contributed by atoms with Gasteiger partial charge in [0.15, 0.2) is 0 Å².